The van der Waals surface area contributed by atoms with E-state index in [2.05, 4.69) is 10.0 Å². The van der Waals surface area contributed by atoms with Gasteiger partial charge in [0.15, 0.2) is 0 Å². The highest BCUT2D eigenvalue weighted by atomic mass is 35.5. The van der Waals surface area contributed by atoms with Gasteiger partial charge in [0.1, 0.15) is 4.90 Å². The predicted molar refractivity (Wildman–Crippen MR) is 76.7 cm³/mol. The minimum Gasteiger partial charge on any atom is -0.316 e. The summed E-state index contributed by atoms with van der Waals surface area (Å²) in [7, 11) is -1.74. The zero-order chi connectivity index (χ0) is 14.3. The van der Waals surface area contributed by atoms with Crippen LogP contribution in [0.15, 0.2) is 23.1 Å². The Morgan fingerprint density at radius 2 is 2.05 bits per heavy atom. The van der Waals surface area contributed by atoms with Gasteiger partial charge in [0.25, 0.3) is 0 Å². The van der Waals surface area contributed by atoms with E-state index in [-0.39, 0.29) is 21.4 Å². The Labute approximate surface area is 119 Å². The van der Waals surface area contributed by atoms with E-state index in [0.717, 1.165) is 12.0 Å². The van der Waals surface area contributed by atoms with E-state index >= 15 is 0 Å². The van der Waals surface area contributed by atoms with Crippen molar-refractivity contribution >= 4 is 21.6 Å². The summed E-state index contributed by atoms with van der Waals surface area (Å²) < 4.78 is 27.4. The molecule has 1 aromatic rings. The molecule has 0 amide bonds. The Balaban J connectivity index is 2.26. The number of nitrogens with one attached hydrogen (secondary N) is 2. The summed E-state index contributed by atoms with van der Waals surface area (Å²) in [6.45, 7) is 4.69. The van der Waals surface area contributed by atoms with E-state index in [1.165, 1.54) is 0 Å². The fourth-order valence-corrected chi connectivity index (χ4v) is 3.94. The van der Waals surface area contributed by atoms with E-state index in [1.807, 2.05) is 27.0 Å². The van der Waals surface area contributed by atoms with Gasteiger partial charge in [-0.25, -0.2) is 13.1 Å². The first-order valence-electron chi connectivity index (χ1n) is 6.21. The lowest BCUT2D eigenvalue weighted by molar-refractivity contribution is 0.555. The van der Waals surface area contributed by atoms with Crippen LogP contribution in [-0.2, 0) is 16.6 Å². The van der Waals surface area contributed by atoms with Crippen LogP contribution >= 0.6 is 11.6 Å². The van der Waals surface area contributed by atoms with Gasteiger partial charge in [-0.3, -0.25) is 0 Å². The maximum Gasteiger partial charge on any atom is 0.242 e. The maximum absolute atomic E-state index is 12.3. The van der Waals surface area contributed by atoms with Crippen molar-refractivity contribution in [2.75, 3.05) is 7.05 Å². The molecule has 4 nitrogen and oxygen atoms in total. The minimum absolute atomic E-state index is 0.00141. The van der Waals surface area contributed by atoms with Crippen LogP contribution in [0.25, 0.3) is 0 Å². The second-order valence-corrected chi connectivity index (χ2v) is 7.75. The molecule has 1 aliphatic rings. The number of hydrogen-bond donors (Lipinski definition) is 2. The molecule has 0 heterocycles. The largest absolute Gasteiger partial charge is 0.316 e. The van der Waals surface area contributed by atoms with Crippen molar-refractivity contribution in [3.8, 4) is 0 Å². The van der Waals surface area contributed by atoms with Crippen molar-refractivity contribution in [3.05, 3.63) is 28.8 Å². The molecule has 0 spiro atoms. The second-order valence-electron chi connectivity index (χ2n) is 5.66. The molecule has 1 atom stereocenters. The van der Waals surface area contributed by atoms with Gasteiger partial charge in [-0.05, 0) is 36.6 Å². The number of rotatable bonds is 5. The Hall–Kier alpha value is -0.620. The molecule has 0 bridgehead atoms. The lowest BCUT2D eigenvalue weighted by Gasteiger charge is -2.11. The summed E-state index contributed by atoms with van der Waals surface area (Å²) in [6, 6.07) is 5.07. The number of hydrogen-bond acceptors (Lipinski definition) is 3. The van der Waals surface area contributed by atoms with Crippen molar-refractivity contribution < 1.29 is 8.42 Å². The average molecular weight is 303 g/mol. The Morgan fingerprint density at radius 3 is 2.58 bits per heavy atom. The Morgan fingerprint density at radius 1 is 1.42 bits per heavy atom. The predicted octanol–water partition coefficient (Wildman–Crippen LogP) is 2.14. The van der Waals surface area contributed by atoms with E-state index in [1.54, 1.807) is 12.1 Å². The van der Waals surface area contributed by atoms with E-state index in [0.29, 0.717) is 6.54 Å². The number of benzene rings is 1. The van der Waals surface area contributed by atoms with Gasteiger partial charge >= 0.3 is 0 Å². The summed E-state index contributed by atoms with van der Waals surface area (Å²) in [5.74, 6) is 0. The molecule has 0 radical (unpaired) electrons. The lowest BCUT2D eigenvalue weighted by Crippen LogP contribution is -2.29. The van der Waals surface area contributed by atoms with Gasteiger partial charge in [-0.1, -0.05) is 31.5 Å². The Bertz CT molecular complexity index is 584. The molecular formula is C13H19ClN2O2S. The van der Waals surface area contributed by atoms with Crippen molar-refractivity contribution in [3.63, 3.8) is 0 Å². The van der Waals surface area contributed by atoms with Gasteiger partial charge in [0.2, 0.25) is 10.0 Å². The van der Waals surface area contributed by atoms with Crippen LogP contribution in [0.3, 0.4) is 0 Å². The van der Waals surface area contributed by atoms with Gasteiger partial charge in [0.05, 0.1) is 5.02 Å². The smallest absolute Gasteiger partial charge is 0.242 e. The molecule has 1 saturated carbocycles. The Kier molecular flexibility index (Phi) is 3.93. The fraction of sp³-hybridized carbons (Fsp3) is 0.538. The molecule has 1 fully saturated rings. The lowest BCUT2D eigenvalue weighted by atomic mass is 10.2. The van der Waals surface area contributed by atoms with Crippen LogP contribution in [0, 0.1) is 5.41 Å². The molecule has 0 saturated heterocycles. The summed E-state index contributed by atoms with van der Waals surface area (Å²) in [5, 5.41) is 3.25. The molecule has 1 unspecified atom stereocenters. The van der Waals surface area contributed by atoms with Crippen LogP contribution in [-0.4, -0.2) is 21.5 Å². The third-order valence-corrected chi connectivity index (χ3v) is 5.43. The van der Waals surface area contributed by atoms with Crippen molar-refractivity contribution in [1.82, 2.24) is 10.0 Å². The number of halogens is 1. The fourth-order valence-electron chi connectivity index (χ4n) is 1.99. The molecule has 2 N–H and O–H groups in total. The van der Waals surface area contributed by atoms with Crippen molar-refractivity contribution in [2.24, 2.45) is 5.41 Å². The van der Waals surface area contributed by atoms with Gasteiger partial charge in [-0.2, -0.15) is 0 Å². The highest BCUT2D eigenvalue weighted by molar-refractivity contribution is 7.89. The molecule has 0 aromatic heterocycles. The highest BCUT2D eigenvalue weighted by Crippen LogP contribution is 2.45. The average Bonchev–Trinajstić information content (AvgIpc) is 2.87. The summed E-state index contributed by atoms with van der Waals surface area (Å²) in [4.78, 5) is 0.157. The van der Waals surface area contributed by atoms with Crippen LogP contribution < -0.4 is 10.0 Å². The van der Waals surface area contributed by atoms with Crippen LogP contribution in [0.1, 0.15) is 25.8 Å². The van der Waals surface area contributed by atoms with Gasteiger partial charge in [-0.15, -0.1) is 0 Å². The third-order valence-electron chi connectivity index (χ3n) is 3.48. The summed E-state index contributed by atoms with van der Waals surface area (Å²) >= 11 is 6.02. The van der Waals surface area contributed by atoms with E-state index < -0.39 is 10.0 Å². The van der Waals surface area contributed by atoms with Gasteiger partial charge < -0.3 is 5.32 Å². The van der Waals surface area contributed by atoms with Crippen LogP contribution in [0.2, 0.25) is 5.02 Å². The molecule has 1 aromatic carbocycles. The van der Waals surface area contributed by atoms with Crippen LogP contribution in [0.5, 0.6) is 0 Å². The summed E-state index contributed by atoms with van der Waals surface area (Å²) in [5.41, 5.74) is 0.935. The minimum atomic E-state index is -3.55. The molecule has 2 rings (SSSR count). The first-order chi connectivity index (χ1) is 8.76. The number of sulfonamides is 1. The van der Waals surface area contributed by atoms with E-state index in [9.17, 15) is 8.42 Å². The van der Waals surface area contributed by atoms with Gasteiger partial charge in [0, 0.05) is 12.6 Å². The monoisotopic (exact) mass is 302 g/mol. The SMILES string of the molecule is CNCc1ccc(Cl)c(S(=O)(=O)NC2CC2(C)C)c1. The standard InChI is InChI=1S/C13H19ClN2O2S/c1-13(2)7-12(13)16-19(17,18)11-6-9(8-15-3)4-5-10(11)14/h4-6,12,15-16H,7-8H2,1-3H3. The maximum atomic E-state index is 12.3. The molecule has 0 aliphatic heterocycles. The van der Waals surface area contributed by atoms with Crippen molar-refractivity contribution in [1.29, 1.82) is 0 Å². The second kappa shape index (κ2) is 5.05. The topological polar surface area (TPSA) is 58.2 Å². The molecule has 19 heavy (non-hydrogen) atoms. The molecular weight excluding hydrogens is 284 g/mol. The molecule has 6 heteroatoms. The third kappa shape index (κ3) is 3.28. The quantitative estimate of drug-likeness (QED) is 0.876. The zero-order valence-corrected chi connectivity index (χ0v) is 12.9. The highest BCUT2D eigenvalue weighted by Gasteiger charge is 2.48. The molecule has 1 aliphatic carbocycles. The van der Waals surface area contributed by atoms with Crippen molar-refractivity contribution in [2.45, 2.75) is 37.8 Å². The van der Waals surface area contributed by atoms with E-state index in [4.69, 9.17) is 11.6 Å². The normalized spacial score (nSPS) is 21.4. The summed E-state index contributed by atoms with van der Waals surface area (Å²) in [6.07, 6.45) is 0.861. The zero-order valence-electron chi connectivity index (χ0n) is 11.3. The first-order valence-corrected chi connectivity index (χ1v) is 8.08. The van der Waals surface area contributed by atoms with Crippen LogP contribution in [0.4, 0.5) is 0 Å². The first kappa shape index (κ1) is 14.8. The molecule has 106 valence electrons.